The van der Waals surface area contributed by atoms with Crippen LogP contribution in [-0.2, 0) is 0 Å². The van der Waals surface area contributed by atoms with E-state index in [0.717, 1.165) is 12.0 Å². The molecule has 3 aliphatic rings. The van der Waals surface area contributed by atoms with E-state index in [1.807, 2.05) is 12.3 Å². The molecule has 0 spiro atoms. The molecule has 2 atom stereocenters. The Morgan fingerprint density at radius 2 is 1.85 bits per heavy atom. The molecular weight excluding hydrogens is 336 g/mol. The minimum absolute atomic E-state index is 0.591. The highest BCUT2D eigenvalue weighted by atomic mass is 15.3. The summed E-state index contributed by atoms with van der Waals surface area (Å²) in [6.07, 6.45) is 10.5. The van der Waals surface area contributed by atoms with Gasteiger partial charge >= 0.3 is 0 Å². The molecule has 0 aromatic carbocycles. The van der Waals surface area contributed by atoms with Gasteiger partial charge in [0.1, 0.15) is 0 Å². The van der Waals surface area contributed by atoms with Crippen LogP contribution in [-0.4, -0.2) is 96.5 Å². The zero-order valence-corrected chi connectivity index (χ0v) is 17.3. The van der Waals surface area contributed by atoms with Gasteiger partial charge in [-0.05, 0) is 77.8 Å². The van der Waals surface area contributed by atoms with Gasteiger partial charge in [-0.15, -0.1) is 0 Å². The molecule has 2 unspecified atom stereocenters. The maximum atomic E-state index is 4.46. The summed E-state index contributed by atoms with van der Waals surface area (Å²) < 4.78 is 2.17. The van der Waals surface area contributed by atoms with E-state index in [9.17, 15) is 0 Å². The second-order valence-corrected chi connectivity index (χ2v) is 9.05. The predicted octanol–water partition coefficient (Wildman–Crippen LogP) is 1.52. The zero-order valence-electron chi connectivity index (χ0n) is 17.3. The third-order valence-corrected chi connectivity index (χ3v) is 7.29. The quantitative estimate of drug-likeness (QED) is 0.846. The van der Waals surface area contributed by atoms with Gasteiger partial charge in [-0.25, -0.2) is 0 Å². The van der Waals surface area contributed by atoms with Gasteiger partial charge in [0, 0.05) is 50.7 Å². The van der Waals surface area contributed by atoms with Crippen LogP contribution in [0.5, 0.6) is 0 Å². The number of likely N-dealkylation sites (tertiary alicyclic amines) is 2. The molecular formula is C21H38N6. The molecule has 0 radical (unpaired) electrons. The van der Waals surface area contributed by atoms with Crippen molar-refractivity contribution >= 4 is 0 Å². The number of aromatic nitrogens is 2. The topological polar surface area (TPSA) is 39.6 Å². The largest absolute Gasteiger partial charge is 0.315 e. The lowest BCUT2D eigenvalue weighted by Crippen LogP contribution is -2.56. The Morgan fingerprint density at radius 3 is 2.56 bits per heavy atom. The molecule has 152 valence electrons. The second-order valence-electron chi connectivity index (χ2n) is 9.05. The van der Waals surface area contributed by atoms with Crippen LogP contribution in [0, 0.1) is 5.92 Å². The molecule has 3 aliphatic heterocycles. The summed E-state index contributed by atoms with van der Waals surface area (Å²) in [6.45, 7) is 8.55. The molecule has 0 aliphatic carbocycles. The van der Waals surface area contributed by atoms with Crippen LogP contribution in [0.25, 0.3) is 0 Å². The molecule has 3 fully saturated rings. The van der Waals surface area contributed by atoms with Gasteiger partial charge in [0.15, 0.2) is 0 Å². The number of rotatable bonds is 5. The normalized spacial score (nSPS) is 30.2. The highest BCUT2D eigenvalue weighted by Gasteiger charge is 2.34. The molecule has 0 saturated carbocycles. The first-order valence-corrected chi connectivity index (χ1v) is 11.0. The molecule has 6 heteroatoms. The van der Waals surface area contributed by atoms with Gasteiger partial charge in [0.2, 0.25) is 0 Å². The molecule has 4 rings (SSSR count). The number of nitrogens with zero attached hydrogens (tertiary/aromatic N) is 5. The van der Waals surface area contributed by atoms with Crippen molar-refractivity contribution < 1.29 is 0 Å². The third-order valence-electron chi connectivity index (χ3n) is 7.29. The molecule has 1 aromatic heterocycles. The van der Waals surface area contributed by atoms with Crippen LogP contribution in [0.2, 0.25) is 0 Å². The molecule has 0 amide bonds. The van der Waals surface area contributed by atoms with Crippen LogP contribution < -0.4 is 5.32 Å². The minimum atomic E-state index is 0.591. The fraction of sp³-hybridized carbons (Fsp3) is 0.857. The van der Waals surface area contributed by atoms with E-state index in [0.29, 0.717) is 12.1 Å². The van der Waals surface area contributed by atoms with E-state index in [1.165, 1.54) is 77.9 Å². The van der Waals surface area contributed by atoms with Crippen LogP contribution in [0.1, 0.15) is 38.1 Å². The van der Waals surface area contributed by atoms with E-state index >= 15 is 0 Å². The summed E-state index contributed by atoms with van der Waals surface area (Å²) in [5.74, 6) is 0.803. The number of piperidine rings is 3. The molecule has 1 aromatic rings. The van der Waals surface area contributed by atoms with Crippen LogP contribution >= 0.6 is 0 Å². The van der Waals surface area contributed by atoms with E-state index in [1.54, 1.807) is 0 Å². The molecule has 0 bridgehead atoms. The van der Waals surface area contributed by atoms with Crippen LogP contribution in [0.4, 0.5) is 0 Å². The molecule has 3 saturated heterocycles. The van der Waals surface area contributed by atoms with Crippen molar-refractivity contribution in [3.63, 3.8) is 0 Å². The van der Waals surface area contributed by atoms with E-state index < -0.39 is 0 Å². The van der Waals surface area contributed by atoms with E-state index in [2.05, 4.69) is 50.1 Å². The van der Waals surface area contributed by atoms with Crippen LogP contribution in [0.15, 0.2) is 18.5 Å². The van der Waals surface area contributed by atoms with Gasteiger partial charge in [0.05, 0.1) is 6.04 Å². The fourth-order valence-corrected chi connectivity index (χ4v) is 5.47. The van der Waals surface area contributed by atoms with Gasteiger partial charge in [0.25, 0.3) is 0 Å². The van der Waals surface area contributed by atoms with Crippen LogP contribution in [0.3, 0.4) is 0 Å². The number of hydrogen-bond acceptors (Lipinski definition) is 5. The predicted molar refractivity (Wildman–Crippen MR) is 110 cm³/mol. The summed E-state index contributed by atoms with van der Waals surface area (Å²) >= 11 is 0. The Balaban J connectivity index is 1.31. The Morgan fingerprint density at radius 1 is 1.07 bits per heavy atom. The van der Waals surface area contributed by atoms with Gasteiger partial charge in [-0.2, -0.15) is 5.10 Å². The summed E-state index contributed by atoms with van der Waals surface area (Å²) in [6, 6.07) is 4.12. The fourth-order valence-electron chi connectivity index (χ4n) is 5.47. The standard InChI is InChI=1S/C21H38N6/c1-24-12-5-19(6-13-24)25(2)17-18-4-10-22-16-21(18)26-14-7-20(8-15-26)27-11-3-9-23-27/h3,9,11,18-22H,4-8,10,12-17H2,1-2H3. The van der Waals surface area contributed by atoms with Crippen molar-refractivity contribution in [3.05, 3.63) is 18.5 Å². The van der Waals surface area contributed by atoms with Crippen molar-refractivity contribution in [1.82, 2.24) is 29.8 Å². The SMILES string of the molecule is CN1CCC(N(C)CC2CCNCC2N2CCC(n3cccn3)CC2)CC1. The second kappa shape index (κ2) is 9.03. The Hall–Kier alpha value is -0.950. The summed E-state index contributed by atoms with van der Waals surface area (Å²) in [5, 5.41) is 8.14. The van der Waals surface area contributed by atoms with Gasteiger partial charge < -0.3 is 15.1 Å². The maximum Gasteiger partial charge on any atom is 0.0543 e. The third kappa shape index (κ3) is 4.73. The van der Waals surface area contributed by atoms with Crippen molar-refractivity contribution in [2.75, 3.05) is 59.9 Å². The summed E-state index contributed by atoms with van der Waals surface area (Å²) in [4.78, 5) is 7.94. The van der Waals surface area contributed by atoms with Gasteiger partial charge in [-0.1, -0.05) is 0 Å². The maximum absolute atomic E-state index is 4.46. The number of hydrogen-bond donors (Lipinski definition) is 1. The molecule has 27 heavy (non-hydrogen) atoms. The lowest BCUT2D eigenvalue weighted by atomic mass is 9.88. The average molecular weight is 375 g/mol. The van der Waals surface area contributed by atoms with Gasteiger partial charge in [-0.3, -0.25) is 9.58 Å². The molecule has 1 N–H and O–H groups in total. The first-order chi connectivity index (χ1) is 13.2. The average Bonchev–Trinajstić information content (AvgIpc) is 3.24. The number of nitrogens with one attached hydrogen (secondary N) is 1. The van der Waals surface area contributed by atoms with Crippen molar-refractivity contribution in [3.8, 4) is 0 Å². The smallest absolute Gasteiger partial charge is 0.0543 e. The first-order valence-electron chi connectivity index (χ1n) is 11.0. The van der Waals surface area contributed by atoms with Crippen molar-refractivity contribution in [2.45, 2.75) is 50.2 Å². The Labute approximate surface area is 164 Å². The Bertz CT molecular complexity index is 545. The highest BCUT2D eigenvalue weighted by Crippen LogP contribution is 2.28. The van der Waals surface area contributed by atoms with E-state index in [-0.39, 0.29) is 0 Å². The Kier molecular flexibility index (Phi) is 6.48. The van der Waals surface area contributed by atoms with Crippen molar-refractivity contribution in [1.29, 1.82) is 0 Å². The lowest BCUT2D eigenvalue weighted by molar-refractivity contribution is 0.0478. The summed E-state index contributed by atoms with van der Waals surface area (Å²) in [5.41, 5.74) is 0. The first kappa shape index (κ1) is 19.4. The molecule has 6 nitrogen and oxygen atoms in total. The molecule has 4 heterocycles. The lowest BCUT2D eigenvalue weighted by Gasteiger charge is -2.45. The zero-order chi connectivity index (χ0) is 18.6. The minimum Gasteiger partial charge on any atom is -0.315 e. The summed E-state index contributed by atoms with van der Waals surface area (Å²) in [7, 11) is 4.63. The highest BCUT2D eigenvalue weighted by molar-refractivity contribution is 4.92. The van der Waals surface area contributed by atoms with E-state index in [4.69, 9.17) is 0 Å². The monoisotopic (exact) mass is 374 g/mol. The van der Waals surface area contributed by atoms with Crippen molar-refractivity contribution in [2.24, 2.45) is 5.92 Å².